The minimum atomic E-state index is -0.167. The number of carbonyl (C=O) groups is 2. The van der Waals surface area contributed by atoms with Crippen LogP contribution in [-0.2, 0) is 4.79 Å². The van der Waals surface area contributed by atoms with E-state index in [9.17, 15) is 9.59 Å². The number of hydrogen-bond acceptors (Lipinski definition) is 3. The van der Waals surface area contributed by atoms with Gasteiger partial charge < -0.3 is 15.4 Å². The van der Waals surface area contributed by atoms with Crippen LogP contribution in [0.25, 0.3) is 0 Å². The first-order chi connectivity index (χ1) is 11.1. The summed E-state index contributed by atoms with van der Waals surface area (Å²) in [5, 5.41) is 5.89. The lowest BCUT2D eigenvalue weighted by atomic mass is 9.84. The molecule has 1 heterocycles. The third kappa shape index (κ3) is 2.69. The van der Waals surface area contributed by atoms with Gasteiger partial charge in [0.2, 0.25) is 0 Å². The van der Waals surface area contributed by atoms with Crippen molar-refractivity contribution in [1.29, 1.82) is 0 Å². The standard InChI is InChI=1S/C18H22N2O3/c1-10(14-7-11-2-3-12(14)6-11)19-18(22)13-4-5-15-16(8-13)23-9-17(21)20-15/h4-5,8,10-12,14H,2-3,6-7,9H2,1H3,(H,19,22)(H,20,21)/t10-,11+,12+,14-/m1/s1. The highest BCUT2D eigenvalue weighted by Gasteiger charge is 2.42. The van der Waals surface area contributed by atoms with Gasteiger partial charge in [0, 0.05) is 11.6 Å². The number of nitrogens with one attached hydrogen (secondary N) is 2. The van der Waals surface area contributed by atoms with Gasteiger partial charge in [0.15, 0.2) is 6.61 Å². The monoisotopic (exact) mass is 314 g/mol. The lowest BCUT2D eigenvalue weighted by molar-refractivity contribution is -0.118. The Kier molecular flexibility index (Phi) is 3.51. The van der Waals surface area contributed by atoms with Gasteiger partial charge in [0.1, 0.15) is 5.75 Å². The van der Waals surface area contributed by atoms with Gasteiger partial charge in [-0.3, -0.25) is 9.59 Å². The Bertz CT molecular complexity index is 658. The van der Waals surface area contributed by atoms with Crippen LogP contribution in [0.5, 0.6) is 5.75 Å². The fourth-order valence-corrected chi connectivity index (χ4v) is 4.52. The number of anilines is 1. The van der Waals surface area contributed by atoms with Crippen LogP contribution in [0.2, 0.25) is 0 Å². The molecule has 0 aromatic heterocycles. The second-order valence-electron chi connectivity index (χ2n) is 7.15. The van der Waals surface area contributed by atoms with Gasteiger partial charge in [0.05, 0.1) is 5.69 Å². The molecule has 4 rings (SSSR count). The van der Waals surface area contributed by atoms with Gasteiger partial charge in [-0.1, -0.05) is 6.42 Å². The highest BCUT2D eigenvalue weighted by Crippen LogP contribution is 2.49. The Morgan fingerprint density at radius 3 is 2.96 bits per heavy atom. The number of carbonyl (C=O) groups excluding carboxylic acids is 2. The molecule has 1 aliphatic heterocycles. The zero-order valence-corrected chi connectivity index (χ0v) is 13.3. The number of fused-ring (bicyclic) bond motifs is 3. The van der Waals surface area contributed by atoms with E-state index in [1.54, 1.807) is 18.2 Å². The van der Waals surface area contributed by atoms with Crippen LogP contribution in [0.1, 0.15) is 43.0 Å². The van der Waals surface area contributed by atoms with E-state index in [-0.39, 0.29) is 24.5 Å². The molecule has 1 aromatic carbocycles. The highest BCUT2D eigenvalue weighted by atomic mass is 16.5. The second-order valence-corrected chi connectivity index (χ2v) is 7.15. The molecule has 2 fully saturated rings. The maximum Gasteiger partial charge on any atom is 0.262 e. The zero-order valence-electron chi connectivity index (χ0n) is 13.3. The molecular formula is C18H22N2O3. The van der Waals surface area contributed by atoms with Crippen LogP contribution in [0.3, 0.4) is 0 Å². The number of hydrogen-bond donors (Lipinski definition) is 2. The minimum Gasteiger partial charge on any atom is -0.482 e. The molecule has 1 aromatic rings. The number of ether oxygens (including phenoxy) is 1. The summed E-state index contributed by atoms with van der Waals surface area (Å²) in [5.41, 5.74) is 1.20. The van der Waals surface area contributed by atoms with Gasteiger partial charge in [-0.15, -0.1) is 0 Å². The van der Waals surface area contributed by atoms with Crippen LogP contribution < -0.4 is 15.4 Å². The summed E-state index contributed by atoms with van der Waals surface area (Å²) in [6.07, 6.45) is 5.29. The van der Waals surface area contributed by atoms with E-state index >= 15 is 0 Å². The molecule has 122 valence electrons. The Labute approximate surface area is 135 Å². The first kappa shape index (κ1) is 14.5. The summed E-state index contributed by atoms with van der Waals surface area (Å²) in [6.45, 7) is 2.12. The molecule has 2 bridgehead atoms. The molecule has 0 radical (unpaired) electrons. The number of benzene rings is 1. The fraction of sp³-hybridized carbons (Fsp3) is 0.556. The van der Waals surface area contributed by atoms with E-state index < -0.39 is 0 Å². The molecule has 5 nitrogen and oxygen atoms in total. The lowest BCUT2D eigenvalue weighted by Gasteiger charge is -2.28. The molecule has 2 N–H and O–H groups in total. The Morgan fingerprint density at radius 2 is 2.22 bits per heavy atom. The summed E-state index contributed by atoms with van der Waals surface area (Å²) in [5.74, 6) is 2.61. The smallest absolute Gasteiger partial charge is 0.262 e. The maximum atomic E-state index is 12.5. The van der Waals surface area contributed by atoms with Crippen molar-refractivity contribution in [3.63, 3.8) is 0 Å². The molecule has 0 saturated heterocycles. The van der Waals surface area contributed by atoms with Crippen molar-refractivity contribution < 1.29 is 14.3 Å². The molecule has 2 amide bonds. The summed E-state index contributed by atoms with van der Waals surface area (Å²) in [7, 11) is 0. The van der Waals surface area contributed by atoms with Gasteiger partial charge in [-0.05, 0) is 62.1 Å². The van der Waals surface area contributed by atoms with Crippen LogP contribution in [0.15, 0.2) is 18.2 Å². The van der Waals surface area contributed by atoms with Gasteiger partial charge >= 0.3 is 0 Å². The maximum absolute atomic E-state index is 12.5. The van der Waals surface area contributed by atoms with Crippen molar-refractivity contribution in [2.45, 2.75) is 38.6 Å². The summed E-state index contributed by atoms with van der Waals surface area (Å²) >= 11 is 0. The van der Waals surface area contributed by atoms with Crippen LogP contribution >= 0.6 is 0 Å². The van der Waals surface area contributed by atoms with E-state index in [2.05, 4.69) is 17.6 Å². The Morgan fingerprint density at radius 1 is 1.35 bits per heavy atom. The van der Waals surface area contributed by atoms with Crippen LogP contribution in [0, 0.1) is 17.8 Å². The molecular weight excluding hydrogens is 292 g/mol. The predicted octanol–water partition coefficient (Wildman–Crippen LogP) is 2.57. The normalized spacial score (nSPS) is 29.4. The van der Waals surface area contributed by atoms with Crippen molar-refractivity contribution in [2.24, 2.45) is 17.8 Å². The average Bonchev–Trinajstić information content (AvgIpc) is 3.17. The third-order valence-electron chi connectivity index (χ3n) is 5.67. The fourth-order valence-electron chi connectivity index (χ4n) is 4.52. The van der Waals surface area contributed by atoms with E-state index in [0.717, 1.165) is 11.8 Å². The van der Waals surface area contributed by atoms with Crippen molar-refractivity contribution >= 4 is 17.5 Å². The molecule has 0 spiro atoms. The molecule has 3 aliphatic rings. The topological polar surface area (TPSA) is 67.4 Å². The number of rotatable bonds is 3. The minimum absolute atomic E-state index is 0.000379. The van der Waals surface area contributed by atoms with E-state index in [1.165, 1.54) is 25.7 Å². The van der Waals surface area contributed by atoms with Crippen molar-refractivity contribution in [3.8, 4) is 5.75 Å². The van der Waals surface area contributed by atoms with E-state index in [4.69, 9.17) is 4.74 Å². The molecule has 4 atom stereocenters. The van der Waals surface area contributed by atoms with Crippen molar-refractivity contribution in [3.05, 3.63) is 23.8 Å². The summed E-state index contributed by atoms with van der Waals surface area (Å²) < 4.78 is 5.38. The molecule has 2 aliphatic carbocycles. The summed E-state index contributed by atoms with van der Waals surface area (Å²) in [4.78, 5) is 23.8. The molecule has 0 unspecified atom stereocenters. The first-order valence-electron chi connectivity index (χ1n) is 8.47. The highest BCUT2D eigenvalue weighted by molar-refractivity contribution is 5.99. The summed E-state index contributed by atoms with van der Waals surface area (Å²) in [6, 6.07) is 5.37. The van der Waals surface area contributed by atoms with Gasteiger partial charge in [-0.25, -0.2) is 0 Å². The SMILES string of the molecule is C[C@@H](NC(=O)c1ccc2c(c1)OCC(=O)N2)[C@H]1C[C@H]2CC[C@H]1C2. The quantitative estimate of drug-likeness (QED) is 0.901. The average molecular weight is 314 g/mol. The van der Waals surface area contributed by atoms with Crippen molar-refractivity contribution in [1.82, 2.24) is 5.32 Å². The Balaban J connectivity index is 1.44. The lowest BCUT2D eigenvalue weighted by Crippen LogP contribution is -2.40. The van der Waals surface area contributed by atoms with E-state index in [0.29, 0.717) is 22.9 Å². The second kappa shape index (κ2) is 5.55. The predicted molar refractivity (Wildman–Crippen MR) is 86.4 cm³/mol. The van der Waals surface area contributed by atoms with Crippen LogP contribution in [-0.4, -0.2) is 24.5 Å². The number of amides is 2. The van der Waals surface area contributed by atoms with Gasteiger partial charge in [-0.2, -0.15) is 0 Å². The first-order valence-corrected chi connectivity index (χ1v) is 8.47. The zero-order chi connectivity index (χ0) is 16.0. The molecule has 5 heteroatoms. The molecule has 2 saturated carbocycles. The van der Waals surface area contributed by atoms with Crippen LogP contribution in [0.4, 0.5) is 5.69 Å². The molecule has 23 heavy (non-hydrogen) atoms. The Hall–Kier alpha value is -2.04. The third-order valence-corrected chi connectivity index (χ3v) is 5.67. The van der Waals surface area contributed by atoms with Gasteiger partial charge in [0.25, 0.3) is 11.8 Å². The van der Waals surface area contributed by atoms with E-state index in [1.807, 2.05) is 0 Å². The van der Waals surface area contributed by atoms with Crippen molar-refractivity contribution in [2.75, 3.05) is 11.9 Å². The largest absolute Gasteiger partial charge is 0.482 e.